The second-order valence-electron chi connectivity index (χ2n) is 5.36. The van der Waals surface area contributed by atoms with E-state index in [2.05, 4.69) is 46.8 Å². The molecule has 0 saturated heterocycles. The molecule has 1 heterocycles. The minimum absolute atomic E-state index is 0.0501. The molecule has 118 valence electrons. The van der Waals surface area contributed by atoms with E-state index in [4.69, 9.17) is 5.11 Å². The van der Waals surface area contributed by atoms with Gasteiger partial charge in [0.05, 0.1) is 0 Å². The maximum absolute atomic E-state index is 11.7. The third kappa shape index (κ3) is 4.02. The summed E-state index contributed by atoms with van der Waals surface area (Å²) in [5.74, 6) is 0. The number of hydrogen-bond donors (Lipinski definition) is 3. The molecule has 22 heavy (non-hydrogen) atoms. The summed E-state index contributed by atoms with van der Waals surface area (Å²) in [6, 6.07) is 9.72. The molecule has 0 aliphatic heterocycles. The predicted octanol–water partition coefficient (Wildman–Crippen LogP) is 2.37. The Hall–Kier alpha value is -1.99. The summed E-state index contributed by atoms with van der Waals surface area (Å²) in [5.41, 5.74) is 0.872. The number of aliphatic hydroxyl groups is 1. The summed E-state index contributed by atoms with van der Waals surface area (Å²) in [6.45, 7) is 4.62. The lowest BCUT2D eigenvalue weighted by molar-refractivity contribution is 0.249. The number of amides is 2. The second kappa shape index (κ2) is 7.33. The molecular weight excluding hydrogens is 300 g/mol. The van der Waals surface area contributed by atoms with E-state index >= 15 is 0 Å². The summed E-state index contributed by atoms with van der Waals surface area (Å²) in [6.07, 6.45) is 0.524. The number of rotatable bonds is 6. The van der Waals surface area contributed by atoms with Crippen molar-refractivity contribution < 1.29 is 9.90 Å². The van der Waals surface area contributed by atoms with Gasteiger partial charge < -0.3 is 10.4 Å². The Bertz CT molecular complexity index is 613. The van der Waals surface area contributed by atoms with Crippen LogP contribution in [0.4, 0.5) is 9.93 Å². The van der Waals surface area contributed by atoms with Crippen LogP contribution < -0.4 is 10.6 Å². The first kappa shape index (κ1) is 16.4. The molecule has 6 nitrogen and oxygen atoms in total. The monoisotopic (exact) mass is 320 g/mol. The highest BCUT2D eigenvalue weighted by Crippen LogP contribution is 2.34. The van der Waals surface area contributed by atoms with Crippen molar-refractivity contribution in [2.24, 2.45) is 0 Å². The summed E-state index contributed by atoms with van der Waals surface area (Å²) >= 11 is 1.36. The van der Waals surface area contributed by atoms with E-state index in [0.29, 0.717) is 18.1 Å². The highest BCUT2D eigenvalue weighted by Gasteiger charge is 2.27. The molecule has 0 radical (unpaired) electrons. The normalized spacial score (nSPS) is 11.2. The van der Waals surface area contributed by atoms with Gasteiger partial charge in [0, 0.05) is 18.6 Å². The van der Waals surface area contributed by atoms with Gasteiger partial charge >= 0.3 is 6.03 Å². The summed E-state index contributed by atoms with van der Waals surface area (Å²) < 4.78 is 0. The quantitative estimate of drug-likeness (QED) is 0.713. The lowest BCUT2D eigenvalue weighted by Crippen LogP contribution is -2.29. The molecule has 0 saturated carbocycles. The molecule has 3 N–H and O–H groups in total. The highest BCUT2D eigenvalue weighted by atomic mass is 32.1. The van der Waals surface area contributed by atoms with Gasteiger partial charge in [0.2, 0.25) is 5.13 Å². The molecule has 1 aromatic heterocycles. The first-order valence-electron chi connectivity index (χ1n) is 7.09. The average molecular weight is 320 g/mol. The summed E-state index contributed by atoms with van der Waals surface area (Å²) in [4.78, 5) is 11.7. The summed E-state index contributed by atoms with van der Waals surface area (Å²) in [5, 5.41) is 23.5. The molecule has 0 unspecified atom stereocenters. The van der Waals surface area contributed by atoms with Crippen molar-refractivity contribution in [3.63, 3.8) is 0 Å². The van der Waals surface area contributed by atoms with Crippen molar-refractivity contribution in [2.75, 3.05) is 18.5 Å². The highest BCUT2D eigenvalue weighted by molar-refractivity contribution is 7.15. The van der Waals surface area contributed by atoms with Crippen molar-refractivity contribution in [3.8, 4) is 0 Å². The fourth-order valence-corrected chi connectivity index (χ4v) is 2.79. The van der Waals surface area contributed by atoms with Gasteiger partial charge in [-0.15, -0.1) is 10.2 Å². The largest absolute Gasteiger partial charge is 0.396 e. The molecule has 0 fully saturated rings. The van der Waals surface area contributed by atoms with Crippen LogP contribution >= 0.6 is 11.3 Å². The maximum atomic E-state index is 11.7. The van der Waals surface area contributed by atoms with Crippen LogP contribution in [0.25, 0.3) is 0 Å². The molecule has 2 aromatic rings. The van der Waals surface area contributed by atoms with Crippen LogP contribution in [-0.4, -0.2) is 34.5 Å². The Kier molecular flexibility index (Phi) is 5.46. The fraction of sp³-hybridized carbons (Fsp3) is 0.400. The lowest BCUT2D eigenvalue weighted by Gasteiger charge is -2.21. The Balaban J connectivity index is 2.03. The zero-order valence-electron chi connectivity index (χ0n) is 12.7. The Morgan fingerprint density at radius 3 is 2.68 bits per heavy atom. The van der Waals surface area contributed by atoms with Crippen molar-refractivity contribution in [3.05, 3.63) is 40.9 Å². The molecule has 2 amide bonds. The standard InChI is InChI=1S/C15H20N4O2S/c1-15(2,11-7-4-3-5-8-11)12-18-19-14(22-12)17-13(21)16-9-6-10-20/h3-5,7-8,20H,6,9-10H2,1-2H3,(H2,16,17,19,21). The van der Waals surface area contributed by atoms with Gasteiger partial charge in [-0.3, -0.25) is 5.32 Å². The third-order valence-electron chi connectivity index (χ3n) is 3.30. The van der Waals surface area contributed by atoms with E-state index in [0.717, 1.165) is 10.6 Å². The lowest BCUT2D eigenvalue weighted by atomic mass is 9.85. The third-order valence-corrected chi connectivity index (χ3v) is 4.46. The summed E-state index contributed by atoms with van der Waals surface area (Å²) in [7, 11) is 0. The average Bonchev–Trinajstić information content (AvgIpc) is 2.97. The SMILES string of the molecule is CC(C)(c1ccccc1)c1nnc(NC(=O)NCCCO)s1. The fourth-order valence-electron chi connectivity index (χ4n) is 1.93. The van der Waals surface area contributed by atoms with E-state index in [9.17, 15) is 4.79 Å². The van der Waals surface area contributed by atoms with Crippen molar-refractivity contribution in [1.82, 2.24) is 15.5 Å². The van der Waals surface area contributed by atoms with E-state index in [1.54, 1.807) is 0 Å². The van der Waals surface area contributed by atoms with Crippen LogP contribution in [0, 0.1) is 0 Å². The van der Waals surface area contributed by atoms with Crippen LogP contribution in [0.2, 0.25) is 0 Å². The number of nitrogens with zero attached hydrogens (tertiary/aromatic N) is 2. The van der Waals surface area contributed by atoms with E-state index in [1.807, 2.05) is 18.2 Å². The topological polar surface area (TPSA) is 87.1 Å². The van der Waals surface area contributed by atoms with Crippen molar-refractivity contribution in [2.45, 2.75) is 25.7 Å². The maximum Gasteiger partial charge on any atom is 0.321 e. The van der Waals surface area contributed by atoms with Gasteiger partial charge in [-0.2, -0.15) is 0 Å². The first-order valence-corrected chi connectivity index (χ1v) is 7.91. The zero-order chi connectivity index (χ0) is 16.0. The van der Waals surface area contributed by atoms with Crippen LogP contribution in [0.15, 0.2) is 30.3 Å². The minimum Gasteiger partial charge on any atom is -0.396 e. The molecular formula is C15H20N4O2S. The number of hydrogen-bond acceptors (Lipinski definition) is 5. The predicted molar refractivity (Wildman–Crippen MR) is 87.2 cm³/mol. The Morgan fingerprint density at radius 1 is 1.27 bits per heavy atom. The molecule has 0 atom stereocenters. The number of aliphatic hydroxyl groups excluding tert-OH is 1. The van der Waals surface area contributed by atoms with Gasteiger partial charge in [0.1, 0.15) is 5.01 Å². The van der Waals surface area contributed by atoms with Gasteiger partial charge in [0.25, 0.3) is 0 Å². The molecule has 0 spiro atoms. The first-order chi connectivity index (χ1) is 10.5. The van der Waals surface area contributed by atoms with Gasteiger partial charge in [0.15, 0.2) is 0 Å². The zero-order valence-corrected chi connectivity index (χ0v) is 13.5. The Labute approximate surface area is 133 Å². The smallest absolute Gasteiger partial charge is 0.321 e. The minimum atomic E-state index is -0.339. The number of carbonyl (C=O) groups excluding carboxylic acids is 1. The van der Waals surface area contributed by atoms with Crippen molar-refractivity contribution >= 4 is 22.5 Å². The van der Waals surface area contributed by atoms with E-state index in [1.165, 1.54) is 11.3 Å². The van der Waals surface area contributed by atoms with Gasteiger partial charge in [-0.25, -0.2) is 4.79 Å². The number of urea groups is 1. The van der Waals surface area contributed by atoms with Crippen molar-refractivity contribution in [1.29, 1.82) is 0 Å². The number of anilines is 1. The van der Waals surface area contributed by atoms with Crippen LogP contribution in [0.3, 0.4) is 0 Å². The van der Waals surface area contributed by atoms with Crippen LogP contribution in [-0.2, 0) is 5.41 Å². The molecule has 2 rings (SSSR count). The molecule has 1 aromatic carbocycles. The Morgan fingerprint density at radius 2 is 2.00 bits per heavy atom. The van der Waals surface area contributed by atoms with E-state index < -0.39 is 0 Å². The van der Waals surface area contributed by atoms with Crippen LogP contribution in [0.5, 0.6) is 0 Å². The number of aromatic nitrogens is 2. The molecule has 0 aliphatic carbocycles. The number of benzene rings is 1. The molecule has 0 aliphatic rings. The second-order valence-corrected chi connectivity index (χ2v) is 6.34. The molecule has 0 bridgehead atoms. The number of carbonyl (C=O) groups is 1. The van der Waals surface area contributed by atoms with Crippen LogP contribution in [0.1, 0.15) is 30.8 Å². The van der Waals surface area contributed by atoms with Gasteiger partial charge in [-0.1, -0.05) is 41.7 Å². The van der Waals surface area contributed by atoms with E-state index in [-0.39, 0.29) is 18.1 Å². The number of nitrogens with one attached hydrogen (secondary N) is 2. The molecule has 7 heteroatoms. The van der Waals surface area contributed by atoms with Gasteiger partial charge in [-0.05, 0) is 25.8 Å².